The average Bonchev–Trinajstić information content (AvgIpc) is 3.17. The molecule has 2 fully saturated rings. The van der Waals surface area contributed by atoms with Crippen molar-refractivity contribution in [3.05, 3.63) is 30.1 Å². The van der Waals surface area contributed by atoms with Crippen LogP contribution in [0.1, 0.15) is 32.1 Å². The van der Waals surface area contributed by atoms with Gasteiger partial charge in [-0.05, 0) is 37.8 Å². The molecule has 0 bridgehead atoms. The number of carbonyl (C=O) groups is 2. The van der Waals surface area contributed by atoms with Gasteiger partial charge in [-0.2, -0.15) is 0 Å². The number of nitrogens with zero attached hydrogens (tertiary/aromatic N) is 2. The van der Waals surface area contributed by atoms with Crippen LogP contribution in [0.4, 0.5) is 4.39 Å². The van der Waals surface area contributed by atoms with Crippen molar-refractivity contribution in [3.8, 4) is 0 Å². The summed E-state index contributed by atoms with van der Waals surface area (Å²) in [5, 5.41) is 0. The molecule has 1 aromatic carbocycles. The number of amides is 2. The van der Waals surface area contributed by atoms with Crippen LogP contribution >= 0.6 is 11.8 Å². The average molecular weight is 364 g/mol. The number of carbonyl (C=O) groups excluding carboxylic acids is 2. The standard InChI is InChI=1S/C19H25FN2O2S/c20-16-5-1-2-6-17(16)25-14-9-18(23)21-12-7-15(8-13-21)19(24)22-10-3-4-11-22/h1-2,5-6,15H,3-4,7-14H2. The molecule has 2 saturated heterocycles. The number of hydrogen-bond donors (Lipinski definition) is 0. The van der Waals surface area contributed by atoms with Crippen LogP contribution in [0.15, 0.2) is 29.2 Å². The van der Waals surface area contributed by atoms with Crippen molar-refractivity contribution in [2.75, 3.05) is 31.9 Å². The number of rotatable bonds is 5. The highest BCUT2D eigenvalue weighted by Crippen LogP contribution is 2.24. The van der Waals surface area contributed by atoms with Crippen LogP contribution in [-0.4, -0.2) is 53.5 Å². The van der Waals surface area contributed by atoms with Gasteiger partial charge in [0.05, 0.1) is 0 Å². The van der Waals surface area contributed by atoms with Gasteiger partial charge in [0, 0.05) is 49.2 Å². The van der Waals surface area contributed by atoms with Gasteiger partial charge in [-0.15, -0.1) is 11.8 Å². The van der Waals surface area contributed by atoms with E-state index in [1.807, 2.05) is 9.80 Å². The number of piperidine rings is 1. The Bertz CT molecular complexity index is 611. The lowest BCUT2D eigenvalue weighted by molar-refractivity contribution is -0.139. The van der Waals surface area contributed by atoms with Gasteiger partial charge in [-0.25, -0.2) is 4.39 Å². The molecule has 3 rings (SSSR count). The van der Waals surface area contributed by atoms with Gasteiger partial charge in [0.25, 0.3) is 0 Å². The summed E-state index contributed by atoms with van der Waals surface area (Å²) >= 11 is 1.38. The first-order chi connectivity index (χ1) is 12.1. The molecule has 6 heteroatoms. The summed E-state index contributed by atoms with van der Waals surface area (Å²) in [6.45, 7) is 3.11. The molecule has 0 spiro atoms. The molecule has 0 radical (unpaired) electrons. The number of thioether (sulfide) groups is 1. The van der Waals surface area contributed by atoms with Gasteiger partial charge in [-0.1, -0.05) is 12.1 Å². The maximum Gasteiger partial charge on any atom is 0.225 e. The number of halogens is 1. The third-order valence-corrected chi connectivity index (χ3v) is 6.08. The summed E-state index contributed by atoms with van der Waals surface area (Å²) in [6, 6.07) is 6.64. The van der Waals surface area contributed by atoms with E-state index in [1.54, 1.807) is 18.2 Å². The molecule has 0 saturated carbocycles. The van der Waals surface area contributed by atoms with Crippen LogP contribution in [0.2, 0.25) is 0 Å². The summed E-state index contributed by atoms with van der Waals surface area (Å²) in [4.78, 5) is 29.2. The van der Waals surface area contributed by atoms with E-state index >= 15 is 0 Å². The van der Waals surface area contributed by atoms with Gasteiger partial charge in [0.2, 0.25) is 11.8 Å². The van der Waals surface area contributed by atoms with E-state index in [2.05, 4.69) is 0 Å². The van der Waals surface area contributed by atoms with Crippen molar-refractivity contribution in [2.24, 2.45) is 5.92 Å². The van der Waals surface area contributed by atoms with E-state index in [1.165, 1.54) is 17.8 Å². The Hall–Kier alpha value is -1.56. The van der Waals surface area contributed by atoms with Crippen molar-refractivity contribution >= 4 is 23.6 Å². The third kappa shape index (κ3) is 4.75. The second-order valence-electron chi connectivity index (χ2n) is 6.72. The molecule has 0 aromatic heterocycles. The molecule has 4 nitrogen and oxygen atoms in total. The molecule has 1 aromatic rings. The number of likely N-dealkylation sites (tertiary alicyclic amines) is 2. The van der Waals surface area contributed by atoms with Crippen LogP contribution in [0.25, 0.3) is 0 Å². The highest BCUT2D eigenvalue weighted by Gasteiger charge is 2.30. The van der Waals surface area contributed by atoms with Gasteiger partial charge < -0.3 is 9.80 Å². The lowest BCUT2D eigenvalue weighted by Gasteiger charge is -2.33. The maximum atomic E-state index is 13.6. The van der Waals surface area contributed by atoms with Gasteiger partial charge >= 0.3 is 0 Å². The molecule has 0 unspecified atom stereocenters. The predicted molar refractivity (Wildman–Crippen MR) is 96.9 cm³/mol. The molecule has 2 aliphatic rings. The van der Waals surface area contributed by atoms with Crippen molar-refractivity contribution < 1.29 is 14.0 Å². The highest BCUT2D eigenvalue weighted by atomic mass is 32.2. The van der Waals surface area contributed by atoms with Gasteiger partial charge in [0.1, 0.15) is 5.82 Å². The van der Waals surface area contributed by atoms with Crippen LogP contribution < -0.4 is 0 Å². The number of benzene rings is 1. The Morgan fingerprint density at radius 3 is 2.40 bits per heavy atom. The minimum atomic E-state index is -0.235. The summed E-state index contributed by atoms with van der Waals surface area (Å²) < 4.78 is 13.6. The maximum absolute atomic E-state index is 13.6. The van der Waals surface area contributed by atoms with E-state index in [4.69, 9.17) is 0 Å². The summed E-state index contributed by atoms with van der Waals surface area (Å²) in [5.74, 6) is 0.804. The van der Waals surface area contributed by atoms with Crippen LogP contribution in [0, 0.1) is 11.7 Å². The first kappa shape index (κ1) is 18.2. The lowest BCUT2D eigenvalue weighted by atomic mass is 9.95. The zero-order valence-corrected chi connectivity index (χ0v) is 15.3. The van der Waals surface area contributed by atoms with Crippen molar-refractivity contribution in [2.45, 2.75) is 37.0 Å². The molecular formula is C19H25FN2O2S. The molecule has 0 aliphatic carbocycles. The van der Waals surface area contributed by atoms with Crippen molar-refractivity contribution in [1.29, 1.82) is 0 Å². The fourth-order valence-electron chi connectivity index (χ4n) is 3.54. The second-order valence-corrected chi connectivity index (χ2v) is 7.85. The number of hydrogen-bond acceptors (Lipinski definition) is 3. The zero-order chi connectivity index (χ0) is 17.6. The first-order valence-electron chi connectivity index (χ1n) is 9.09. The molecule has 25 heavy (non-hydrogen) atoms. The topological polar surface area (TPSA) is 40.6 Å². The molecule has 2 heterocycles. The molecule has 0 atom stereocenters. The SMILES string of the molecule is O=C(CCSc1ccccc1F)N1CCC(C(=O)N2CCCC2)CC1. The summed E-state index contributed by atoms with van der Waals surface area (Å²) in [7, 11) is 0. The zero-order valence-electron chi connectivity index (χ0n) is 14.5. The Morgan fingerprint density at radius 2 is 1.72 bits per heavy atom. The highest BCUT2D eigenvalue weighted by molar-refractivity contribution is 7.99. The first-order valence-corrected chi connectivity index (χ1v) is 10.1. The minimum absolute atomic E-state index is 0.0786. The normalized spacial score (nSPS) is 18.6. The van der Waals surface area contributed by atoms with Crippen molar-refractivity contribution in [1.82, 2.24) is 9.80 Å². The van der Waals surface area contributed by atoms with E-state index in [-0.39, 0.29) is 23.5 Å². The molecular weight excluding hydrogens is 339 g/mol. The van der Waals surface area contributed by atoms with Crippen LogP contribution in [0.3, 0.4) is 0 Å². The fraction of sp³-hybridized carbons (Fsp3) is 0.579. The minimum Gasteiger partial charge on any atom is -0.343 e. The van der Waals surface area contributed by atoms with Gasteiger partial charge in [-0.3, -0.25) is 9.59 Å². The molecule has 2 amide bonds. The lowest BCUT2D eigenvalue weighted by Crippen LogP contribution is -2.43. The molecule has 136 valence electrons. The van der Waals surface area contributed by atoms with Crippen molar-refractivity contribution in [3.63, 3.8) is 0 Å². The van der Waals surface area contributed by atoms with E-state index < -0.39 is 0 Å². The Labute approximate surface area is 152 Å². The van der Waals surface area contributed by atoms with E-state index in [9.17, 15) is 14.0 Å². The Morgan fingerprint density at radius 1 is 1.04 bits per heavy atom. The monoisotopic (exact) mass is 364 g/mol. The predicted octanol–water partition coefficient (Wildman–Crippen LogP) is 3.17. The van der Waals surface area contributed by atoms with E-state index in [0.717, 1.165) is 38.8 Å². The fourth-order valence-corrected chi connectivity index (χ4v) is 4.42. The Kier molecular flexibility index (Phi) is 6.34. The van der Waals surface area contributed by atoms with Gasteiger partial charge in [0.15, 0.2) is 0 Å². The van der Waals surface area contributed by atoms with E-state index in [0.29, 0.717) is 30.2 Å². The molecule has 2 aliphatic heterocycles. The quantitative estimate of drug-likeness (QED) is 0.754. The Balaban J connectivity index is 1.39. The largest absolute Gasteiger partial charge is 0.343 e. The third-order valence-electron chi connectivity index (χ3n) is 5.02. The summed E-state index contributed by atoms with van der Waals surface area (Å²) in [5.41, 5.74) is 0. The molecule has 0 N–H and O–H groups in total. The van der Waals surface area contributed by atoms with Crippen LogP contribution in [-0.2, 0) is 9.59 Å². The summed E-state index contributed by atoms with van der Waals surface area (Å²) in [6.07, 6.45) is 4.16. The smallest absolute Gasteiger partial charge is 0.225 e. The van der Waals surface area contributed by atoms with Crippen LogP contribution in [0.5, 0.6) is 0 Å². The second kappa shape index (κ2) is 8.70.